The molecular formula is C21H27N3O2. The summed E-state index contributed by atoms with van der Waals surface area (Å²) in [5.74, 6) is -0.0150. The highest BCUT2D eigenvalue weighted by Crippen LogP contribution is 2.38. The minimum absolute atomic E-state index is 0.0332. The van der Waals surface area contributed by atoms with Gasteiger partial charge >= 0.3 is 5.97 Å². The van der Waals surface area contributed by atoms with Crippen molar-refractivity contribution < 1.29 is 9.53 Å². The monoisotopic (exact) mass is 353 g/mol. The fourth-order valence-corrected chi connectivity index (χ4v) is 4.96. The summed E-state index contributed by atoms with van der Waals surface area (Å²) in [7, 11) is 0. The predicted octanol–water partition coefficient (Wildman–Crippen LogP) is 2.92. The Morgan fingerprint density at radius 1 is 1.04 bits per heavy atom. The molecule has 0 amide bonds. The maximum atomic E-state index is 12.4. The van der Waals surface area contributed by atoms with E-state index in [1.165, 1.54) is 0 Å². The van der Waals surface area contributed by atoms with Crippen LogP contribution in [0.1, 0.15) is 44.1 Å². The van der Waals surface area contributed by atoms with E-state index in [1.54, 1.807) is 0 Å². The first-order chi connectivity index (χ1) is 12.7. The zero-order valence-corrected chi connectivity index (χ0v) is 15.2. The SMILES string of the molecule is N#CN1[C@@H]2CC[C@H]1CC(N1CCC(C(=O)OCc3ccccc3)CC1)C2. The molecule has 1 aromatic rings. The molecule has 0 radical (unpaired) electrons. The highest BCUT2D eigenvalue weighted by Gasteiger charge is 2.43. The number of carbonyl (C=O) groups is 1. The molecule has 0 saturated carbocycles. The summed E-state index contributed by atoms with van der Waals surface area (Å²) in [6.45, 7) is 2.32. The molecule has 0 N–H and O–H groups in total. The first kappa shape index (κ1) is 17.4. The third-order valence-electron chi connectivity index (χ3n) is 6.43. The second-order valence-corrected chi connectivity index (χ2v) is 7.92. The summed E-state index contributed by atoms with van der Waals surface area (Å²) in [5.41, 5.74) is 1.04. The molecule has 3 heterocycles. The highest BCUT2D eigenvalue weighted by molar-refractivity contribution is 5.72. The number of hydrogen-bond acceptors (Lipinski definition) is 5. The van der Waals surface area contributed by atoms with Crippen molar-refractivity contribution in [3.05, 3.63) is 35.9 Å². The zero-order chi connectivity index (χ0) is 17.9. The molecule has 5 heteroatoms. The van der Waals surface area contributed by atoms with Crippen LogP contribution in [0.2, 0.25) is 0 Å². The molecule has 1 aromatic carbocycles. The number of rotatable bonds is 4. The Bertz CT molecular complexity index is 650. The summed E-state index contributed by atoms with van der Waals surface area (Å²) >= 11 is 0. The molecule has 1 unspecified atom stereocenters. The van der Waals surface area contributed by atoms with Gasteiger partial charge < -0.3 is 14.5 Å². The Balaban J connectivity index is 1.24. The molecule has 3 atom stereocenters. The van der Waals surface area contributed by atoms with E-state index in [4.69, 9.17) is 4.74 Å². The van der Waals surface area contributed by atoms with Crippen LogP contribution in [0.25, 0.3) is 0 Å². The van der Waals surface area contributed by atoms with Crippen molar-refractivity contribution in [2.45, 2.75) is 63.3 Å². The molecule has 3 aliphatic rings. The molecule has 0 spiro atoms. The Morgan fingerprint density at radius 2 is 1.69 bits per heavy atom. The second-order valence-electron chi connectivity index (χ2n) is 7.92. The lowest BCUT2D eigenvalue weighted by Crippen LogP contribution is -2.51. The standard InChI is InChI=1S/C21H27N3O2/c22-15-24-18-6-7-19(24)13-20(12-18)23-10-8-17(9-11-23)21(25)26-14-16-4-2-1-3-5-16/h1-5,17-20H,6-14H2/t18-,19+,20?. The van der Waals surface area contributed by atoms with E-state index < -0.39 is 0 Å². The van der Waals surface area contributed by atoms with Gasteiger partial charge in [0.05, 0.1) is 5.92 Å². The Kier molecular flexibility index (Phi) is 5.12. The number of piperidine rings is 2. The summed E-state index contributed by atoms with van der Waals surface area (Å²) in [4.78, 5) is 17.0. The van der Waals surface area contributed by atoms with E-state index in [0.717, 1.165) is 57.2 Å². The van der Waals surface area contributed by atoms with Gasteiger partial charge in [0.2, 0.25) is 0 Å². The third-order valence-corrected chi connectivity index (χ3v) is 6.43. The minimum Gasteiger partial charge on any atom is -0.461 e. The van der Waals surface area contributed by atoms with Crippen molar-refractivity contribution in [3.63, 3.8) is 0 Å². The largest absolute Gasteiger partial charge is 0.461 e. The maximum absolute atomic E-state index is 12.4. The predicted molar refractivity (Wildman–Crippen MR) is 97.8 cm³/mol. The van der Waals surface area contributed by atoms with Gasteiger partial charge in [-0.05, 0) is 57.2 Å². The van der Waals surface area contributed by atoms with Crippen molar-refractivity contribution in [3.8, 4) is 6.19 Å². The number of nitrogens with zero attached hydrogens (tertiary/aromatic N) is 3. The number of esters is 1. The van der Waals surface area contributed by atoms with Crippen LogP contribution >= 0.6 is 0 Å². The molecule has 3 aliphatic heterocycles. The van der Waals surface area contributed by atoms with Gasteiger partial charge in [0.25, 0.3) is 0 Å². The molecule has 0 aromatic heterocycles. The zero-order valence-electron chi connectivity index (χ0n) is 15.2. The van der Waals surface area contributed by atoms with Crippen LogP contribution in [-0.2, 0) is 16.1 Å². The average Bonchev–Trinajstić information content (AvgIpc) is 2.94. The normalized spacial score (nSPS) is 29.3. The van der Waals surface area contributed by atoms with Gasteiger partial charge in [-0.1, -0.05) is 30.3 Å². The Labute approximate surface area is 155 Å². The number of fused-ring (bicyclic) bond motifs is 2. The molecule has 2 bridgehead atoms. The number of ether oxygens (including phenoxy) is 1. The fraction of sp³-hybridized carbons (Fsp3) is 0.619. The molecule has 5 nitrogen and oxygen atoms in total. The van der Waals surface area contributed by atoms with E-state index in [2.05, 4.69) is 11.1 Å². The lowest BCUT2D eigenvalue weighted by atomic mass is 9.91. The van der Waals surface area contributed by atoms with E-state index in [9.17, 15) is 10.1 Å². The van der Waals surface area contributed by atoms with E-state index in [-0.39, 0.29) is 11.9 Å². The van der Waals surface area contributed by atoms with Crippen LogP contribution in [0, 0.1) is 17.4 Å². The quantitative estimate of drug-likeness (QED) is 0.615. The van der Waals surface area contributed by atoms with Crippen molar-refractivity contribution in [1.82, 2.24) is 9.80 Å². The summed E-state index contributed by atoms with van der Waals surface area (Å²) in [6, 6.07) is 11.3. The van der Waals surface area contributed by atoms with Crippen LogP contribution in [0.3, 0.4) is 0 Å². The van der Waals surface area contributed by atoms with Crippen molar-refractivity contribution in [2.75, 3.05) is 13.1 Å². The van der Waals surface area contributed by atoms with E-state index in [1.807, 2.05) is 35.2 Å². The number of nitriles is 1. The van der Waals surface area contributed by atoms with E-state index >= 15 is 0 Å². The van der Waals surface area contributed by atoms with Crippen LogP contribution in [0.4, 0.5) is 0 Å². The Hall–Kier alpha value is -2.06. The summed E-state index contributed by atoms with van der Waals surface area (Å²) in [6.07, 6.45) is 8.71. The molecule has 26 heavy (non-hydrogen) atoms. The maximum Gasteiger partial charge on any atom is 0.309 e. The number of benzene rings is 1. The second kappa shape index (κ2) is 7.67. The van der Waals surface area contributed by atoms with Gasteiger partial charge in [-0.3, -0.25) is 4.79 Å². The minimum atomic E-state index is -0.0483. The van der Waals surface area contributed by atoms with Gasteiger partial charge in [0.15, 0.2) is 6.19 Å². The topological polar surface area (TPSA) is 56.6 Å². The number of likely N-dealkylation sites (tertiary alicyclic amines) is 1. The molecule has 138 valence electrons. The lowest BCUT2D eigenvalue weighted by Gasteiger charge is -2.43. The first-order valence-electron chi connectivity index (χ1n) is 9.87. The van der Waals surface area contributed by atoms with Gasteiger partial charge in [-0.15, -0.1) is 0 Å². The first-order valence-corrected chi connectivity index (χ1v) is 9.87. The summed E-state index contributed by atoms with van der Waals surface area (Å²) in [5, 5.41) is 9.31. The fourth-order valence-electron chi connectivity index (χ4n) is 4.96. The van der Waals surface area contributed by atoms with Gasteiger partial charge in [0.1, 0.15) is 6.61 Å². The molecular weight excluding hydrogens is 326 g/mol. The van der Waals surface area contributed by atoms with Gasteiger partial charge in [-0.2, -0.15) is 5.26 Å². The highest BCUT2D eigenvalue weighted by atomic mass is 16.5. The van der Waals surface area contributed by atoms with Crippen LogP contribution in [0.15, 0.2) is 30.3 Å². The van der Waals surface area contributed by atoms with Crippen LogP contribution in [0.5, 0.6) is 0 Å². The van der Waals surface area contributed by atoms with Crippen LogP contribution < -0.4 is 0 Å². The third kappa shape index (κ3) is 3.57. The van der Waals surface area contributed by atoms with Crippen LogP contribution in [-0.4, -0.2) is 47.0 Å². The van der Waals surface area contributed by atoms with E-state index in [0.29, 0.717) is 24.7 Å². The molecule has 4 rings (SSSR count). The van der Waals surface area contributed by atoms with Crippen molar-refractivity contribution in [1.29, 1.82) is 5.26 Å². The summed E-state index contributed by atoms with van der Waals surface area (Å²) < 4.78 is 5.52. The molecule has 3 saturated heterocycles. The average molecular weight is 353 g/mol. The number of hydrogen-bond donors (Lipinski definition) is 0. The molecule has 0 aliphatic carbocycles. The number of carbonyl (C=O) groups excluding carboxylic acids is 1. The van der Waals surface area contributed by atoms with Gasteiger partial charge in [-0.25, -0.2) is 0 Å². The Morgan fingerprint density at radius 3 is 2.31 bits per heavy atom. The van der Waals surface area contributed by atoms with Crippen molar-refractivity contribution >= 4 is 5.97 Å². The van der Waals surface area contributed by atoms with Crippen molar-refractivity contribution in [2.24, 2.45) is 5.92 Å². The lowest BCUT2D eigenvalue weighted by molar-refractivity contribution is -0.151. The smallest absolute Gasteiger partial charge is 0.309 e. The van der Waals surface area contributed by atoms with Gasteiger partial charge in [0, 0.05) is 18.1 Å². The molecule has 3 fully saturated rings.